The van der Waals surface area contributed by atoms with Crippen LogP contribution < -0.4 is 14.9 Å². The Labute approximate surface area is 214 Å². The van der Waals surface area contributed by atoms with Crippen LogP contribution in [0, 0.1) is 6.92 Å². The molecule has 3 aromatic carbocycles. The van der Waals surface area contributed by atoms with E-state index in [1.165, 1.54) is 11.8 Å². The number of hydrogen-bond acceptors (Lipinski definition) is 7. The van der Waals surface area contributed by atoms with Crippen LogP contribution in [-0.4, -0.2) is 46.4 Å². The molecule has 0 aliphatic carbocycles. The van der Waals surface area contributed by atoms with Gasteiger partial charge < -0.3 is 9.47 Å². The van der Waals surface area contributed by atoms with Gasteiger partial charge in [-0.2, -0.15) is 5.10 Å². The summed E-state index contributed by atoms with van der Waals surface area (Å²) in [6, 6.07) is 23.2. The highest BCUT2D eigenvalue weighted by molar-refractivity contribution is 7.99. The Bertz CT molecular complexity index is 1320. The van der Waals surface area contributed by atoms with Gasteiger partial charge in [0.2, 0.25) is 0 Å². The lowest BCUT2D eigenvalue weighted by Crippen LogP contribution is -2.20. The fourth-order valence-electron chi connectivity index (χ4n) is 3.38. The fourth-order valence-corrected chi connectivity index (χ4v) is 4.12. The zero-order chi connectivity index (χ0) is 25.3. The number of ether oxygens (including phenoxy) is 2. The molecule has 8 nitrogen and oxygen atoms in total. The number of carbonyl (C=O) groups excluding carboxylic acids is 1. The first-order chi connectivity index (χ1) is 17.6. The number of carbonyl (C=O) groups is 1. The topological polar surface area (TPSA) is 90.6 Å². The van der Waals surface area contributed by atoms with Crippen molar-refractivity contribution in [1.29, 1.82) is 0 Å². The van der Waals surface area contributed by atoms with Gasteiger partial charge in [-0.15, -0.1) is 10.2 Å². The molecule has 0 unspecified atom stereocenters. The maximum absolute atomic E-state index is 12.4. The molecule has 1 aromatic heterocycles. The number of nitrogens with zero attached hydrogens (tertiary/aromatic N) is 4. The molecule has 9 heteroatoms. The van der Waals surface area contributed by atoms with Crippen molar-refractivity contribution in [3.8, 4) is 28.6 Å². The average molecular weight is 502 g/mol. The number of methoxy groups -OCH3 is 1. The van der Waals surface area contributed by atoms with E-state index in [-0.39, 0.29) is 11.7 Å². The van der Waals surface area contributed by atoms with Gasteiger partial charge in [0.25, 0.3) is 5.91 Å². The first kappa shape index (κ1) is 25.0. The van der Waals surface area contributed by atoms with E-state index in [0.29, 0.717) is 17.6 Å². The monoisotopic (exact) mass is 501 g/mol. The van der Waals surface area contributed by atoms with Gasteiger partial charge in [0, 0.05) is 11.3 Å². The Hall–Kier alpha value is -4.11. The molecule has 0 fully saturated rings. The maximum Gasteiger partial charge on any atom is 0.250 e. The Kier molecular flexibility index (Phi) is 8.36. The van der Waals surface area contributed by atoms with Crippen LogP contribution in [0.25, 0.3) is 17.1 Å². The SMILES string of the molecule is CCOc1ccc(/C=N/NC(=O)CSc2nnc(-c3ccc(OC)cc3)n2-c2ccc(C)cc2)cc1. The Morgan fingerprint density at radius 2 is 1.69 bits per heavy atom. The molecule has 0 saturated heterocycles. The van der Waals surface area contributed by atoms with Gasteiger partial charge >= 0.3 is 0 Å². The van der Waals surface area contributed by atoms with E-state index in [2.05, 4.69) is 20.7 Å². The second kappa shape index (κ2) is 12.0. The molecular weight excluding hydrogens is 474 g/mol. The number of nitrogens with one attached hydrogen (secondary N) is 1. The van der Waals surface area contributed by atoms with E-state index >= 15 is 0 Å². The van der Waals surface area contributed by atoms with Crippen LogP contribution in [0.2, 0.25) is 0 Å². The summed E-state index contributed by atoms with van der Waals surface area (Å²) < 4.78 is 12.6. The number of amides is 1. The van der Waals surface area contributed by atoms with Crippen LogP contribution in [0.3, 0.4) is 0 Å². The number of benzene rings is 3. The summed E-state index contributed by atoms with van der Waals surface area (Å²) in [5.74, 6) is 2.12. The molecular formula is C27H27N5O3S. The Morgan fingerprint density at radius 3 is 2.36 bits per heavy atom. The molecule has 4 aromatic rings. The lowest BCUT2D eigenvalue weighted by molar-refractivity contribution is -0.118. The standard InChI is InChI=1S/C27H27N5O3S/c1-4-35-24-13-7-20(8-14-24)17-28-29-25(33)18-36-27-31-30-26(21-9-15-23(34-3)16-10-21)32(27)22-11-5-19(2)6-12-22/h5-17H,4,18H2,1-3H3,(H,29,33)/b28-17+. The zero-order valence-corrected chi connectivity index (χ0v) is 21.2. The zero-order valence-electron chi connectivity index (χ0n) is 20.3. The smallest absolute Gasteiger partial charge is 0.250 e. The van der Waals surface area contributed by atoms with E-state index in [9.17, 15) is 4.79 Å². The second-order valence-corrected chi connectivity index (χ2v) is 8.73. The van der Waals surface area contributed by atoms with Crippen molar-refractivity contribution in [2.75, 3.05) is 19.5 Å². The summed E-state index contributed by atoms with van der Waals surface area (Å²) in [6.07, 6.45) is 1.59. The predicted octanol–water partition coefficient (Wildman–Crippen LogP) is 4.89. The molecule has 0 bridgehead atoms. The summed E-state index contributed by atoms with van der Waals surface area (Å²) in [5.41, 5.74) is 6.37. The molecule has 184 valence electrons. The number of rotatable bonds is 10. The predicted molar refractivity (Wildman–Crippen MR) is 142 cm³/mol. The van der Waals surface area contributed by atoms with Crippen LogP contribution in [0.15, 0.2) is 83.1 Å². The van der Waals surface area contributed by atoms with Crippen molar-refractivity contribution in [2.24, 2.45) is 5.10 Å². The quantitative estimate of drug-likeness (QED) is 0.189. The molecule has 1 amide bonds. The van der Waals surface area contributed by atoms with Crippen LogP contribution in [0.4, 0.5) is 0 Å². The lowest BCUT2D eigenvalue weighted by Gasteiger charge is -2.11. The van der Waals surface area contributed by atoms with Crippen molar-refractivity contribution in [2.45, 2.75) is 19.0 Å². The Balaban J connectivity index is 1.46. The Morgan fingerprint density at radius 1 is 1.00 bits per heavy atom. The highest BCUT2D eigenvalue weighted by atomic mass is 32.2. The van der Waals surface area contributed by atoms with Gasteiger partial charge in [0.05, 0.1) is 25.7 Å². The maximum atomic E-state index is 12.4. The molecule has 0 saturated carbocycles. The van der Waals surface area contributed by atoms with Gasteiger partial charge in [0.1, 0.15) is 11.5 Å². The van der Waals surface area contributed by atoms with E-state index in [1.54, 1.807) is 13.3 Å². The molecule has 36 heavy (non-hydrogen) atoms. The minimum Gasteiger partial charge on any atom is -0.497 e. The molecule has 0 spiro atoms. The number of hydrazone groups is 1. The fraction of sp³-hybridized carbons (Fsp3) is 0.185. The van der Waals surface area contributed by atoms with Crippen molar-refractivity contribution in [3.63, 3.8) is 0 Å². The summed E-state index contributed by atoms with van der Waals surface area (Å²) in [4.78, 5) is 12.4. The van der Waals surface area contributed by atoms with Gasteiger partial charge in [-0.05, 0) is 80.1 Å². The number of aromatic nitrogens is 3. The molecule has 0 aliphatic rings. The van der Waals surface area contributed by atoms with Crippen molar-refractivity contribution >= 4 is 23.9 Å². The van der Waals surface area contributed by atoms with Crippen molar-refractivity contribution < 1.29 is 14.3 Å². The summed E-state index contributed by atoms with van der Waals surface area (Å²) in [7, 11) is 1.63. The number of aryl methyl sites for hydroxylation is 1. The van der Waals surface area contributed by atoms with E-state index in [4.69, 9.17) is 9.47 Å². The molecule has 0 radical (unpaired) electrons. The largest absolute Gasteiger partial charge is 0.497 e. The third kappa shape index (κ3) is 6.31. The number of thioether (sulfide) groups is 1. The highest BCUT2D eigenvalue weighted by Gasteiger charge is 2.17. The molecule has 0 aliphatic heterocycles. The molecule has 0 atom stereocenters. The third-order valence-electron chi connectivity index (χ3n) is 5.20. The summed E-state index contributed by atoms with van der Waals surface area (Å²) >= 11 is 1.29. The van der Waals surface area contributed by atoms with Crippen LogP contribution in [0.5, 0.6) is 11.5 Å². The van der Waals surface area contributed by atoms with E-state index in [1.807, 2.05) is 91.2 Å². The average Bonchev–Trinajstić information content (AvgIpc) is 3.33. The van der Waals surface area contributed by atoms with Crippen molar-refractivity contribution in [1.82, 2.24) is 20.2 Å². The highest BCUT2D eigenvalue weighted by Crippen LogP contribution is 2.29. The van der Waals surface area contributed by atoms with Crippen LogP contribution in [0.1, 0.15) is 18.1 Å². The summed E-state index contributed by atoms with van der Waals surface area (Å²) in [6.45, 7) is 4.58. The second-order valence-electron chi connectivity index (χ2n) is 7.79. The third-order valence-corrected chi connectivity index (χ3v) is 6.13. The van der Waals surface area contributed by atoms with Gasteiger partial charge in [-0.1, -0.05) is 29.5 Å². The van der Waals surface area contributed by atoms with Crippen molar-refractivity contribution in [3.05, 3.63) is 83.9 Å². The van der Waals surface area contributed by atoms with Crippen LogP contribution >= 0.6 is 11.8 Å². The van der Waals surface area contributed by atoms with Gasteiger partial charge in [0.15, 0.2) is 11.0 Å². The molecule has 4 rings (SSSR count). The minimum atomic E-state index is -0.244. The summed E-state index contributed by atoms with van der Waals surface area (Å²) in [5, 5.41) is 13.5. The molecule has 1 heterocycles. The first-order valence-corrected chi connectivity index (χ1v) is 12.4. The number of hydrogen-bond donors (Lipinski definition) is 1. The minimum absolute atomic E-state index is 0.132. The lowest BCUT2D eigenvalue weighted by atomic mass is 10.2. The molecule has 1 N–H and O–H groups in total. The van der Waals surface area contributed by atoms with Gasteiger partial charge in [-0.25, -0.2) is 5.43 Å². The normalized spacial score (nSPS) is 11.0. The van der Waals surface area contributed by atoms with Crippen LogP contribution in [-0.2, 0) is 4.79 Å². The van der Waals surface area contributed by atoms with E-state index < -0.39 is 0 Å². The van der Waals surface area contributed by atoms with E-state index in [0.717, 1.165) is 33.9 Å². The van der Waals surface area contributed by atoms with Gasteiger partial charge in [-0.3, -0.25) is 9.36 Å². The first-order valence-electron chi connectivity index (χ1n) is 11.4.